The molecule has 6 heteroatoms. The molecule has 2 N–H and O–H groups in total. The third-order valence-corrected chi connectivity index (χ3v) is 2.20. The lowest BCUT2D eigenvalue weighted by atomic mass is 10.3. The largest absolute Gasteiger partial charge is 0.508 e. The molecule has 0 saturated carbocycles. The van der Waals surface area contributed by atoms with Crippen molar-refractivity contribution in [2.24, 2.45) is 0 Å². The first-order chi connectivity index (χ1) is 8.13. The molecular weight excluding hydrogens is 246 g/mol. The summed E-state index contributed by atoms with van der Waals surface area (Å²) in [5.41, 5.74) is 0.435. The van der Waals surface area contributed by atoms with Gasteiger partial charge in [0.1, 0.15) is 12.4 Å². The highest BCUT2D eigenvalue weighted by molar-refractivity contribution is 6.33. The monoisotopic (exact) mass is 259 g/mol. The fourth-order valence-electron chi connectivity index (χ4n) is 1.10. The number of methoxy groups -OCH3 is 1. The van der Waals surface area contributed by atoms with Gasteiger partial charge in [0.25, 0.3) is 0 Å². The van der Waals surface area contributed by atoms with Crippen molar-refractivity contribution < 1.29 is 19.4 Å². The van der Waals surface area contributed by atoms with Gasteiger partial charge in [-0.1, -0.05) is 11.6 Å². The molecule has 1 aromatic carbocycles. The minimum absolute atomic E-state index is 0.0457. The molecule has 0 aromatic heterocycles. The molecule has 0 saturated heterocycles. The Morgan fingerprint density at radius 3 is 2.88 bits per heavy atom. The predicted octanol–water partition coefficient (Wildman–Crippen LogP) is 1.65. The van der Waals surface area contributed by atoms with E-state index in [1.807, 2.05) is 0 Å². The fraction of sp³-hybridized carbons (Fsp3) is 0.364. The zero-order valence-corrected chi connectivity index (χ0v) is 10.2. The Labute approximate surface area is 104 Å². The van der Waals surface area contributed by atoms with Gasteiger partial charge in [-0.2, -0.15) is 0 Å². The first-order valence-corrected chi connectivity index (χ1v) is 5.36. The van der Waals surface area contributed by atoms with E-state index in [1.54, 1.807) is 7.11 Å². The van der Waals surface area contributed by atoms with Gasteiger partial charge >= 0.3 is 0 Å². The number of benzene rings is 1. The maximum atomic E-state index is 11.4. The van der Waals surface area contributed by atoms with E-state index in [4.69, 9.17) is 26.2 Å². The Morgan fingerprint density at radius 1 is 1.47 bits per heavy atom. The predicted molar refractivity (Wildman–Crippen MR) is 64.4 cm³/mol. The summed E-state index contributed by atoms with van der Waals surface area (Å²) in [7, 11) is 1.56. The van der Waals surface area contributed by atoms with E-state index in [9.17, 15) is 4.79 Å². The molecule has 5 nitrogen and oxygen atoms in total. The van der Waals surface area contributed by atoms with Gasteiger partial charge in [-0.05, 0) is 12.1 Å². The van der Waals surface area contributed by atoms with Gasteiger partial charge in [0.15, 0.2) is 0 Å². The summed E-state index contributed by atoms with van der Waals surface area (Å²) in [6.45, 7) is 0.723. The quantitative estimate of drug-likeness (QED) is 0.602. The van der Waals surface area contributed by atoms with Crippen molar-refractivity contribution in [2.45, 2.75) is 0 Å². The number of phenols is 1. The summed E-state index contributed by atoms with van der Waals surface area (Å²) >= 11 is 5.82. The van der Waals surface area contributed by atoms with Crippen molar-refractivity contribution in [3.63, 3.8) is 0 Å². The Bertz CT molecular complexity index is 384. The fourth-order valence-corrected chi connectivity index (χ4v) is 1.32. The van der Waals surface area contributed by atoms with Crippen LogP contribution in [0.2, 0.25) is 5.02 Å². The van der Waals surface area contributed by atoms with Crippen molar-refractivity contribution in [1.29, 1.82) is 0 Å². The van der Waals surface area contributed by atoms with E-state index in [0.717, 1.165) is 0 Å². The smallest absolute Gasteiger partial charge is 0.250 e. The molecule has 1 amide bonds. The summed E-state index contributed by atoms with van der Waals surface area (Å²) < 4.78 is 9.81. The second kappa shape index (κ2) is 7.11. The minimum atomic E-state index is -0.311. The van der Waals surface area contributed by atoms with Crippen LogP contribution in [-0.4, -0.2) is 37.9 Å². The van der Waals surface area contributed by atoms with Gasteiger partial charge in [-0.25, -0.2) is 0 Å². The molecule has 1 rings (SSSR count). The number of carbonyl (C=O) groups is 1. The molecule has 0 radical (unpaired) electrons. The highest BCUT2D eigenvalue weighted by atomic mass is 35.5. The van der Waals surface area contributed by atoms with Gasteiger partial charge in [0, 0.05) is 13.2 Å². The number of halogens is 1. The van der Waals surface area contributed by atoms with E-state index < -0.39 is 0 Å². The minimum Gasteiger partial charge on any atom is -0.508 e. The molecule has 0 unspecified atom stereocenters. The normalized spacial score (nSPS) is 10.2. The van der Waals surface area contributed by atoms with Gasteiger partial charge in [-0.3, -0.25) is 4.79 Å². The van der Waals surface area contributed by atoms with Gasteiger partial charge in [0.2, 0.25) is 5.91 Å². The summed E-state index contributed by atoms with van der Waals surface area (Å²) in [6.07, 6.45) is 0. The van der Waals surface area contributed by atoms with Crippen molar-refractivity contribution in [1.82, 2.24) is 0 Å². The second-order valence-electron chi connectivity index (χ2n) is 3.26. The number of phenolic OH excluding ortho intramolecular Hbond substituents is 1. The van der Waals surface area contributed by atoms with Crippen LogP contribution in [0.1, 0.15) is 0 Å². The topological polar surface area (TPSA) is 67.8 Å². The number of aromatic hydroxyl groups is 1. The molecule has 0 aliphatic carbocycles. The van der Waals surface area contributed by atoms with E-state index in [2.05, 4.69) is 5.32 Å². The van der Waals surface area contributed by atoms with Gasteiger partial charge in [0.05, 0.1) is 23.9 Å². The zero-order chi connectivity index (χ0) is 12.7. The Morgan fingerprint density at radius 2 is 2.24 bits per heavy atom. The van der Waals surface area contributed by atoms with Crippen molar-refractivity contribution in [2.75, 3.05) is 32.2 Å². The third kappa shape index (κ3) is 5.04. The summed E-state index contributed by atoms with van der Waals surface area (Å²) in [5.74, 6) is -0.266. The molecule has 0 spiro atoms. The number of rotatable bonds is 6. The SMILES string of the molecule is COCCOCC(=O)Nc1ccc(O)cc1Cl. The summed E-state index contributed by atoms with van der Waals surface area (Å²) in [6, 6.07) is 4.31. The molecule has 0 fully saturated rings. The number of nitrogens with one attached hydrogen (secondary N) is 1. The van der Waals surface area contributed by atoms with Crippen LogP contribution in [0.5, 0.6) is 5.75 Å². The van der Waals surface area contributed by atoms with Crippen LogP contribution in [0.15, 0.2) is 18.2 Å². The highest BCUT2D eigenvalue weighted by Crippen LogP contribution is 2.25. The van der Waals surface area contributed by atoms with Crippen LogP contribution >= 0.6 is 11.6 Å². The molecule has 0 aliphatic rings. The highest BCUT2D eigenvalue weighted by Gasteiger charge is 2.06. The van der Waals surface area contributed by atoms with Crippen LogP contribution in [-0.2, 0) is 14.3 Å². The van der Waals surface area contributed by atoms with Crippen LogP contribution in [0.3, 0.4) is 0 Å². The Balaban J connectivity index is 2.40. The summed E-state index contributed by atoms with van der Waals surface area (Å²) in [4.78, 5) is 11.4. The van der Waals surface area contributed by atoms with E-state index in [1.165, 1.54) is 18.2 Å². The molecule has 94 valence electrons. The van der Waals surface area contributed by atoms with Crippen LogP contribution in [0, 0.1) is 0 Å². The molecule has 0 aliphatic heterocycles. The molecule has 0 heterocycles. The lowest BCUT2D eigenvalue weighted by molar-refractivity contribution is -0.121. The summed E-state index contributed by atoms with van der Waals surface area (Å²) in [5, 5.41) is 12.0. The average Bonchev–Trinajstić information content (AvgIpc) is 2.28. The molecule has 17 heavy (non-hydrogen) atoms. The Kier molecular flexibility index (Phi) is 5.76. The standard InChI is InChI=1S/C11H14ClNO4/c1-16-4-5-17-7-11(15)13-10-3-2-8(14)6-9(10)12/h2-3,6,14H,4-5,7H2,1H3,(H,13,15). The van der Waals surface area contributed by atoms with Crippen molar-refractivity contribution >= 4 is 23.2 Å². The van der Waals surface area contributed by atoms with E-state index >= 15 is 0 Å². The average molecular weight is 260 g/mol. The van der Waals surface area contributed by atoms with Crippen molar-refractivity contribution in [3.05, 3.63) is 23.2 Å². The Hall–Kier alpha value is -1.30. The number of carbonyl (C=O) groups excluding carboxylic acids is 1. The maximum Gasteiger partial charge on any atom is 0.250 e. The lowest BCUT2D eigenvalue weighted by Gasteiger charge is -2.07. The zero-order valence-electron chi connectivity index (χ0n) is 9.40. The maximum absolute atomic E-state index is 11.4. The first kappa shape index (κ1) is 13.8. The van der Waals surface area contributed by atoms with E-state index in [-0.39, 0.29) is 23.3 Å². The number of amides is 1. The number of anilines is 1. The number of hydrogen-bond donors (Lipinski definition) is 2. The van der Waals surface area contributed by atoms with Crippen LogP contribution in [0.4, 0.5) is 5.69 Å². The number of ether oxygens (including phenoxy) is 2. The third-order valence-electron chi connectivity index (χ3n) is 1.89. The van der Waals surface area contributed by atoms with Gasteiger partial charge < -0.3 is 19.9 Å². The first-order valence-electron chi connectivity index (χ1n) is 4.98. The van der Waals surface area contributed by atoms with Gasteiger partial charge in [-0.15, -0.1) is 0 Å². The van der Waals surface area contributed by atoms with Crippen molar-refractivity contribution in [3.8, 4) is 5.75 Å². The second-order valence-corrected chi connectivity index (χ2v) is 3.66. The molecule has 0 bridgehead atoms. The molecule has 0 atom stereocenters. The number of hydrogen-bond acceptors (Lipinski definition) is 4. The van der Waals surface area contributed by atoms with Crippen LogP contribution in [0.25, 0.3) is 0 Å². The van der Waals surface area contributed by atoms with E-state index in [0.29, 0.717) is 18.9 Å². The van der Waals surface area contributed by atoms with Crippen LogP contribution < -0.4 is 5.32 Å². The molecule has 1 aromatic rings. The molecular formula is C11H14ClNO4. The lowest BCUT2D eigenvalue weighted by Crippen LogP contribution is -2.19.